The number of hydrogen-bond acceptors (Lipinski definition) is 5. The fraction of sp³-hybridized carbons (Fsp3) is 0.450. The van der Waals surface area contributed by atoms with Gasteiger partial charge in [0.25, 0.3) is 0 Å². The van der Waals surface area contributed by atoms with Gasteiger partial charge in [-0.1, -0.05) is 31.5 Å². The van der Waals surface area contributed by atoms with Crippen LogP contribution in [0.3, 0.4) is 0 Å². The fourth-order valence-corrected chi connectivity index (χ4v) is 3.67. The topological polar surface area (TPSA) is 90.4 Å². The zero-order valence-electron chi connectivity index (χ0n) is 16.2. The van der Waals surface area contributed by atoms with Crippen LogP contribution in [0.4, 0.5) is 22.1 Å². The summed E-state index contributed by atoms with van der Waals surface area (Å²) in [4.78, 5) is 21.8. The fourth-order valence-electron chi connectivity index (χ4n) is 3.42. The molecule has 0 bridgehead atoms. The van der Waals surface area contributed by atoms with Crippen LogP contribution >= 0.6 is 11.6 Å². The average Bonchev–Trinajstić information content (AvgIpc) is 2.68. The highest BCUT2D eigenvalue weighted by Gasteiger charge is 2.22. The number of rotatable bonds is 6. The molecule has 7 nitrogen and oxygen atoms in total. The lowest BCUT2D eigenvalue weighted by atomic mass is 9.87. The smallest absolute Gasteiger partial charge is 0.404 e. The van der Waals surface area contributed by atoms with E-state index in [9.17, 15) is 4.79 Å². The lowest BCUT2D eigenvalue weighted by Gasteiger charge is -2.33. The molecule has 150 valence electrons. The van der Waals surface area contributed by atoms with Crippen LogP contribution in [0.2, 0.25) is 5.02 Å². The summed E-state index contributed by atoms with van der Waals surface area (Å²) >= 11 is 6.23. The van der Waals surface area contributed by atoms with E-state index >= 15 is 0 Å². The normalized spacial score (nSPS) is 14.9. The lowest BCUT2D eigenvalue weighted by Crippen LogP contribution is -2.36. The molecular formula is C20H26ClN5O2. The van der Waals surface area contributed by atoms with Gasteiger partial charge in [-0.2, -0.15) is 0 Å². The summed E-state index contributed by atoms with van der Waals surface area (Å²) < 4.78 is 0. The molecular weight excluding hydrogens is 378 g/mol. The first-order valence-corrected chi connectivity index (χ1v) is 9.89. The van der Waals surface area contributed by atoms with E-state index in [1.165, 1.54) is 12.8 Å². The van der Waals surface area contributed by atoms with Crippen molar-refractivity contribution in [2.24, 2.45) is 11.8 Å². The number of benzene rings is 1. The van der Waals surface area contributed by atoms with Gasteiger partial charge in [-0.05, 0) is 42.4 Å². The highest BCUT2D eigenvalue weighted by atomic mass is 35.5. The van der Waals surface area contributed by atoms with Crippen molar-refractivity contribution in [1.82, 2.24) is 15.3 Å². The van der Waals surface area contributed by atoms with Crippen LogP contribution in [0.5, 0.6) is 0 Å². The van der Waals surface area contributed by atoms with E-state index < -0.39 is 6.09 Å². The molecule has 8 heteroatoms. The molecule has 1 amide bonds. The van der Waals surface area contributed by atoms with Gasteiger partial charge in [-0.15, -0.1) is 0 Å². The summed E-state index contributed by atoms with van der Waals surface area (Å²) in [5.74, 6) is 2.28. The van der Waals surface area contributed by atoms with Crippen molar-refractivity contribution in [3.63, 3.8) is 0 Å². The minimum Gasteiger partial charge on any atom is -0.465 e. The molecule has 3 N–H and O–H groups in total. The van der Waals surface area contributed by atoms with Gasteiger partial charge in [0, 0.05) is 30.3 Å². The van der Waals surface area contributed by atoms with Crippen LogP contribution < -0.4 is 15.5 Å². The van der Waals surface area contributed by atoms with Gasteiger partial charge in [0.15, 0.2) is 0 Å². The first kappa shape index (κ1) is 20.2. The third-order valence-electron chi connectivity index (χ3n) is 5.18. The zero-order chi connectivity index (χ0) is 20.1. The second-order valence-electron chi connectivity index (χ2n) is 7.43. The van der Waals surface area contributed by atoms with E-state index in [1.54, 1.807) is 24.5 Å². The molecule has 0 aliphatic carbocycles. The van der Waals surface area contributed by atoms with Crippen molar-refractivity contribution < 1.29 is 9.90 Å². The molecule has 28 heavy (non-hydrogen) atoms. The van der Waals surface area contributed by atoms with Crippen molar-refractivity contribution in [3.8, 4) is 0 Å². The minimum absolute atomic E-state index is 0.166. The Bertz CT molecular complexity index is 805. The Morgan fingerprint density at radius 2 is 1.93 bits per heavy atom. The van der Waals surface area contributed by atoms with E-state index in [4.69, 9.17) is 16.7 Å². The molecule has 1 aliphatic heterocycles. The van der Waals surface area contributed by atoms with E-state index in [-0.39, 0.29) is 6.54 Å². The summed E-state index contributed by atoms with van der Waals surface area (Å²) in [5.41, 5.74) is 2.28. The standard InChI is InChI=1S/C20H26ClN5O2/c1-13(2)14-5-7-26(8-6-14)19-22-11-17(12-23-19)25-16-4-3-15(18(21)9-16)10-24-20(27)28/h3-4,9,11-14,24-25H,5-8,10H2,1-2H3,(H,27,28). The largest absolute Gasteiger partial charge is 0.465 e. The number of amides is 1. The molecule has 2 aromatic rings. The van der Waals surface area contributed by atoms with Gasteiger partial charge in [0.05, 0.1) is 18.1 Å². The molecule has 3 rings (SSSR count). The quantitative estimate of drug-likeness (QED) is 0.657. The number of halogens is 1. The summed E-state index contributed by atoms with van der Waals surface area (Å²) in [5, 5.41) is 14.7. The SMILES string of the molecule is CC(C)C1CCN(c2ncc(Nc3ccc(CNC(=O)O)c(Cl)c3)cn2)CC1. The number of piperidine rings is 1. The van der Waals surface area contributed by atoms with E-state index in [2.05, 4.69) is 39.3 Å². The highest BCUT2D eigenvalue weighted by Crippen LogP contribution is 2.27. The van der Waals surface area contributed by atoms with Crippen LogP contribution in [-0.4, -0.2) is 34.3 Å². The second-order valence-corrected chi connectivity index (χ2v) is 7.84. The first-order chi connectivity index (χ1) is 13.4. The average molecular weight is 404 g/mol. The van der Waals surface area contributed by atoms with Gasteiger partial charge >= 0.3 is 6.09 Å². The Labute approximate surface area is 170 Å². The van der Waals surface area contributed by atoms with Crippen molar-refractivity contribution in [2.45, 2.75) is 33.2 Å². The molecule has 0 atom stereocenters. The van der Waals surface area contributed by atoms with Gasteiger partial charge < -0.3 is 20.6 Å². The number of nitrogens with one attached hydrogen (secondary N) is 2. The van der Waals surface area contributed by atoms with Crippen LogP contribution in [0, 0.1) is 11.8 Å². The monoisotopic (exact) mass is 403 g/mol. The Morgan fingerprint density at radius 3 is 2.50 bits per heavy atom. The lowest BCUT2D eigenvalue weighted by molar-refractivity contribution is 0.194. The third kappa shape index (κ3) is 5.25. The third-order valence-corrected chi connectivity index (χ3v) is 5.53. The molecule has 1 aliphatic rings. The summed E-state index contributed by atoms with van der Waals surface area (Å²) in [7, 11) is 0. The Hall–Kier alpha value is -2.54. The van der Waals surface area contributed by atoms with E-state index in [0.29, 0.717) is 10.6 Å². The maximum atomic E-state index is 10.6. The summed E-state index contributed by atoms with van der Waals surface area (Å²) in [6.45, 7) is 6.74. The van der Waals surface area contributed by atoms with Gasteiger partial charge in [0.1, 0.15) is 0 Å². The number of nitrogens with zero attached hydrogens (tertiary/aromatic N) is 3. The second kappa shape index (κ2) is 9.10. The van der Waals surface area contributed by atoms with Gasteiger partial charge in [-0.25, -0.2) is 14.8 Å². The summed E-state index contributed by atoms with van der Waals surface area (Å²) in [6, 6.07) is 5.38. The zero-order valence-corrected chi connectivity index (χ0v) is 16.9. The Balaban J connectivity index is 1.58. The van der Waals surface area contributed by atoms with Crippen LogP contribution in [0.1, 0.15) is 32.3 Å². The van der Waals surface area contributed by atoms with Crippen molar-refractivity contribution in [2.75, 3.05) is 23.3 Å². The minimum atomic E-state index is -1.08. The van der Waals surface area contributed by atoms with E-state index in [1.807, 2.05) is 6.07 Å². The maximum absolute atomic E-state index is 10.6. The molecule has 0 spiro atoms. The van der Waals surface area contributed by atoms with Crippen LogP contribution in [-0.2, 0) is 6.54 Å². The molecule has 1 aromatic heterocycles. The highest BCUT2D eigenvalue weighted by molar-refractivity contribution is 6.31. The Kier molecular flexibility index (Phi) is 6.57. The van der Waals surface area contributed by atoms with Crippen LogP contribution in [0.25, 0.3) is 0 Å². The number of hydrogen-bond donors (Lipinski definition) is 3. The molecule has 0 saturated carbocycles. The van der Waals surface area contributed by atoms with Gasteiger partial charge in [0.2, 0.25) is 5.95 Å². The predicted octanol–water partition coefficient (Wildman–Crippen LogP) is 4.51. The Morgan fingerprint density at radius 1 is 1.25 bits per heavy atom. The van der Waals surface area contributed by atoms with Crippen LogP contribution in [0.15, 0.2) is 30.6 Å². The van der Waals surface area contributed by atoms with Crippen molar-refractivity contribution in [1.29, 1.82) is 0 Å². The number of carboxylic acid groups (broad SMARTS) is 1. The maximum Gasteiger partial charge on any atom is 0.404 e. The van der Waals surface area contributed by atoms with Crippen molar-refractivity contribution in [3.05, 3.63) is 41.2 Å². The number of anilines is 3. The molecule has 2 heterocycles. The number of aromatic nitrogens is 2. The van der Waals surface area contributed by atoms with E-state index in [0.717, 1.165) is 42.2 Å². The molecule has 1 saturated heterocycles. The molecule has 0 radical (unpaired) electrons. The van der Waals surface area contributed by atoms with Crippen molar-refractivity contribution >= 4 is 35.0 Å². The molecule has 1 aromatic carbocycles. The molecule has 0 unspecified atom stereocenters. The summed E-state index contributed by atoms with van der Waals surface area (Å²) in [6.07, 6.45) is 4.82. The first-order valence-electron chi connectivity index (χ1n) is 9.51. The number of carbonyl (C=O) groups is 1. The molecule has 1 fully saturated rings. The van der Waals surface area contributed by atoms with Gasteiger partial charge in [-0.3, -0.25) is 0 Å². The predicted molar refractivity (Wildman–Crippen MR) is 111 cm³/mol.